The van der Waals surface area contributed by atoms with Crippen molar-refractivity contribution in [2.24, 2.45) is 5.92 Å². The first-order valence-electron chi connectivity index (χ1n) is 12.9. The van der Waals surface area contributed by atoms with Gasteiger partial charge in [0, 0.05) is 42.0 Å². The maximum absolute atomic E-state index is 11.4. The zero-order valence-electron chi connectivity index (χ0n) is 21.7. The molecule has 0 radical (unpaired) electrons. The van der Waals surface area contributed by atoms with Crippen molar-refractivity contribution in [3.63, 3.8) is 0 Å². The van der Waals surface area contributed by atoms with E-state index in [1.165, 1.54) is 0 Å². The Morgan fingerprint density at radius 3 is 2.74 bits per heavy atom. The molecule has 2 aromatic carbocycles. The standard InChI is InChI=1S/C31H32ClN3O3/c1-30(2,36)22-9-12-29-27(17-22)25(26-5-3-14-34-28(26)20-38-29)6-4-15-35-16-13-31(37,23(18-33)19-35)21-7-10-24(32)11-8-21/h3,5-12,14,17,23,36-37H,4,13,15-16,19-20H2,1-2H3/t23-,31-/m0/s1. The van der Waals surface area contributed by atoms with Gasteiger partial charge in [0.25, 0.3) is 0 Å². The van der Waals surface area contributed by atoms with Crippen LogP contribution in [-0.4, -0.2) is 39.7 Å². The number of halogens is 1. The molecule has 2 N–H and O–H groups in total. The fraction of sp³-hybridized carbons (Fsp3) is 0.355. The monoisotopic (exact) mass is 529 g/mol. The zero-order valence-corrected chi connectivity index (χ0v) is 22.4. The van der Waals surface area contributed by atoms with Gasteiger partial charge in [-0.3, -0.25) is 4.98 Å². The molecule has 0 amide bonds. The molecule has 1 fully saturated rings. The van der Waals surface area contributed by atoms with Crippen LogP contribution in [0.1, 0.15) is 54.6 Å². The third kappa shape index (κ3) is 5.21. The van der Waals surface area contributed by atoms with Gasteiger partial charge < -0.3 is 19.8 Å². The first-order chi connectivity index (χ1) is 18.2. The van der Waals surface area contributed by atoms with Gasteiger partial charge in [0.05, 0.1) is 23.3 Å². The molecule has 3 heterocycles. The summed E-state index contributed by atoms with van der Waals surface area (Å²) in [6.45, 7) is 5.84. The van der Waals surface area contributed by atoms with Crippen LogP contribution in [0.15, 0.2) is 66.9 Å². The molecule has 0 aliphatic carbocycles. The van der Waals surface area contributed by atoms with Crippen LogP contribution >= 0.6 is 11.6 Å². The number of pyridine rings is 1. The number of piperidine rings is 1. The average Bonchev–Trinajstić information content (AvgIpc) is 3.06. The molecule has 0 spiro atoms. The second kappa shape index (κ2) is 10.5. The van der Waals surface area contributed by atoms with Crippen LogP contribution in [0.5, 0.6) is 5.75 Å². The van der Waals surface area contributed by atoms with Crippen molar-refractivity contribution in [3.8, 4) is 11.8 Å². The number of hydrogen-bond acceptors (Lipinski definition) is 6. The fourth-order valence-corrected chi connectivity index (χ4v) is 5.51. The van der Waals surface area contributed by atoms with Gasteiger partial charge >= 0.3 is 0 Å². The lowest BCUT2D eigenvalue weighted by Crippen LogP contribution is -2.49. The molecule has 2 aliphatic heterocycles. The van der Waals surface area contributed by atoms with E-state index in [1.54, 1.807) is 32.2 Å². The maximum atomic E-state index is 11.4. The van der Waals surface area contributed by atoms with Crippen LogP contribution in [0.4, 0.5) is 0 Å². The fourth-order valence-electron chi connectivity index (χ4n) is 5.39. The molecule has 6 nitrogen and oxygen atoms in total. The SMILES string of the molecule is CC(C)(O)c1ccc2c(c1)C(=CCCN1CC[C@](O)(c3ccc(Cl)cc3)[C@@H](C#N)C1)c1cccnc1CO2. The summed E-state index contributed by atoms with van der Waals surface area (Å²) in [5.41, 5.74) is 3.22. The molecule has 5 rings (SSSR count). The molecule has 7 heteroatoms. The number of rotatable bonds is 5. The van der Waals surface area contributed by atoms with Crippen LogP contribution in [-0.2, 0) is 17.8 Å². The predicted octanol–water partition coefficient (Wildman–Crippen LogP) is 5.41. The molecule has 1 saturated heterocycles. The molecule has 0 unspecified atom stereocenters. The highest BCUT2D eigenvalue weighted by Gasteiger charge is 2.43. The number of nitriles is 1. The molecule has 1 aromatic heterocycles. The second-order valence-corrected chi connectivity index (χ2v) is 11.1. The Hall–Kier alpha value is -3.21. The van der Waals surface area contributed by atoms with Gasteiger partial charge in [0.1, 0.15) is 18.0 Å². The number of ether oxygens (including phenoxy) is 1. The van der Waals surface area contributed by atoms with Crippen molar-refractivity contribution < 1.29 is 14.9 Å². The molecule has 2 aliphatic rings. The third-order valence-corrected chi connectivity index (χ3v) is 7.89. The van der Waals surface area contributed by atoms with Crippen molar-refractivity contribution >= 4 is 17.2 Å². The van der Waals surface area contributed by atoms with E-state index in [0.29, 0.717) is 31.1 Å². The molecule has 3 aromatic rings. The lowest BCUT2D eigenvalue weighted by atomic mass is 9.76. The van der Waals surface area contributed by atoms with Gasteiger partial charge in [0.2, 0.25) is 0 Å². The van der Waals surface area contributed by atoms with Gasteiger partial charge in [-0.1, -0.05) is 41.9 Å². The van der Waals surface area contributed by atoms with Gasteiger partial charge in [-0.05, 0) is 73.7 Å². The molecular formula is C31H32ClN3O3. The Bertz CT molecular complexity index is 1390. The van der Waals surface area contributed by atoms with Crippen molar-refractivity contribution in [2.75, 3.05) is 19.6 Å². The van der Waals surface area contributed by atoms with Crippen molar-refractivity contribution in [1.29, 1.82) is 5.26 Å². The number of aromatic nitrogens is 1. The summed E-state index contributed by atoms with van der Waals surface area (Å²) >= 11 is 6.03. The summed E-state index contributed by atoms with van der Waals surface area (Å²) in [5, 5.41) is 32.6. The van der Waals surface area contributed by atoms with Crippen molar-refractivity contribution in [2.45, 2.75) is 44.5 Å². The quantitative estimate of drug-likeness (QED) is 0.459. The lowest BCUT2D eigenvalue weighted by Gasteiger charge is -2.42. The van der Waals surface area contributed by atoms with Crippen LogP contribution in [0.25, 0.3) is 5.57 Å². The van der Waals surface area contributed by atoms with Crippen LogP contribution in [0.2, 0.25) is 5.02 Å². The van der Waals surface area contributed by atoms with E-state index in [-0.39, 0.29) is 0 Å². The predicted molar refractivity (Wildman–Crippen MR) is 147 cm³/mol. The number of nitrogens with zero attached hydrogens (tertiary/aromatic N) is 3. The van der Waals surface area contributed by atoms with Gasteiger partial charge in [-0.2, -0.15) is 5.26 Å². The zero-order chi connectivity index (χ0) is 26.9. The van der Waals surface area contributed by atoms with Crippen LogP contribution < -0.4 is 4.74 Å². The van der Waals surface area contributed by atoms with E-state index in [0.717, 1.165) is 52.2 Å². The number of fused-ring (bicyclic) bond motifs is 2. The minimum atomic E-state index is -1.19. The molecule has 196 valence electrons. The minimum absolute atomic E-state index is 0.377. The highest BCUT2D eigenvalue weighted by atomic mass is 35.5. The van der Waals surface area contributed by atoms with E-state index in [2.05, 4.69) is 28.1 Å². The Labute approximate surface area is 228 Å². The average molecular weight is 530 g/mol. The molecular weight excluding hydrogens is 498 g/mol. The maximum Gasteiger partial charge on any atom is 0.131 e. The van der Waals surface area contributed by atoms with Crippen LogP contribution in [0, 0.1) is 17.2 Å². The number of likely N-dealkylation sites (tertiary alicyclic amines) is 1. The lowest BCUT2D eigenvalue weighted by molar-refractivity contribution is -0.0567. The van der Waals surface area contributed by atoms with Crippen molar-refractivity contribution in [3.05, 3.63) is 99.8 Å². The Morgan fingerprint density at radius 2 is 2.00 bits per heavy atom. The summed E-state index contributed by atoms with van der Waals surface area (Å²) in [6.07, 6.45) is 5.19. The van der Waals surface area contributed by atoms with E-state index >= 15 is 0 Å². The summed E-state index contributed by atoms with van der Waals surface area (Å²) in [5.74, 6) is 0.217. The van der Waals surface area contributed by atoms with E-state index in [4.69, 9.17) is 16.3 Å². The van der Waals surface area contributed by atoms with E-state index in [1.807, 2.05) is 36.4 Å². The van der Waals surface area contributed by atoms with E-state index < -0.39 is 17.1 Å². The second-order valence-electron chi connectivity index (χ2n) is 10.6. The van der Waals surface area contributed by atoms with Gasteiger partial charge in [-0.25, -0.2) is 0 Å². The normalized spacial score (nSPS) is 22.6. The number of hydrogen-bond donors (Lipinski definition) is 2. The number of benzene rings is 2. The topological polar surface area (TPSA) is 89.6 Å². The molecule has 38 heavy (non-hydrogen) atoms. The van der Waals surface area contributed by atoms with Crippen LogP contribution in [0.3, 0.4) is 0 Å². The third-order valence-electron chi connectivity index (χ3n) is 7.64. The first-order valence-corrected chi connectivity index (χ1v) is 13.3. The summed E-state index contributed by atoms with van der Waals surface area (Å²) in [7, 11) is 0. The molecule has 0 bridgehead atoms. The smallest absolute Gasteiger partial charge is 0.131 e. The molecule has 2 atom stereocenters. The minimum Gasteiger partial charge on any atom is -0.487 e. The Kier molecular flexibility index (Phi) is 7.30. The van der Waals surface area contributed by atoms with E-state index in [9.17, 15) is 15.5 Å². The van der Waals surface area contributed by atoms with Gasteiger partial charge in [0.15, 0.2) is 0 Å². The highest BCUT2D eigenvalue weighted by Crippen LogP contribution is 2.40. The number of aliphatic hydroxyl groups is 2. The molecule has 0 saturated carbocycles. The Balaban J connectivity index is 1.39. The Morgan fingerprint density at radius 1 is 1.21 bits per heavy atom. The summed E-state index contributed by atoms with van der Waals surface area (Å²) in [4.78, 5) is 6.79. The van der Waals surface area contributed by atoms with Crippen molar-refractivity contribution in [1.82, 2.24) is 9.88 Å². The first kappa shape index (κ1) is 26.4. The van der Waals surface area contributed by atoms with Gasteiger partial charge in [-0.15, -0.1) is 0 Å². The summed E-state index contributed by atoms with van der Waals surface area (Å²) in [6, 6.07) is 19.3. The summed E-state index contributed by atoms with van der Waals surface area (Å²) < 4.78 is 6.10. The largest absolute Gasteiger partial charge is 0.487 e. The highest BCUT2D eigenvalue weighted by molar-refractivity contribution is 6.30.